The predicted octanol–water partition coefficient (Wildman–Crippen LogP) is 5.69. The monoisotopic (exact) mass is 348 g/mol. The zero-order chi connectivity index (χ0) is 18.2. The Hall–Kier alpha value is -2.40. The van der Waals surface area contributed by atoms with Gasteiger partial charge in [-0.25, -0.2) is 0 Å². The molecule has 0 aliphatic heterocycles. The van der Waals surface area contributed by atoms with Crippen molar-refractivity contribution in [1.29, 1.82) is 0 Å². The van der Waals surface area contributed by atoms with Crippen molar-refractivity contribution in [2.75, 3.05) is 13.7 Å². The van der Waals surface area contributed by atoms with E-state index in [2.05, 4.69) is 18.8 Å². The van der Waals surface area contributed by atoms with Gasteiger partial charge in [-0.3, -0.25) is 0 Å². The molecular weight excluding hydrogens is 320 g/mol. The summed E-state index contributed by atoms with van der Waals surface area (Å²) in [4.78, 5) is 0. The molecule has 2 aromatic carbocycles. The number of rotatable bonds is 5. The molecule has 0 atom stereocenters. The van der Waals surface area contributed by atoms with Crippen LogP contribution < -0.4 is 9.47 Å². The van der Waals surface area contributed by atoms with Gasteiger partial charge in [0.2, 0.25) is 0 Å². The molecule has 3 rings (SSSR count). The Labute approximate surface area is 157 Å². The van der Waals surface area contributed by atoms with E-state index in [0.717, 1.165) is 35.2 Å². The summed E-state index contributed by atoms with van der Waals surface area (Å²) in [5.41, 5.74) is 1.98. The van der Waals surface area contributed by atoms with E-state index < -0.39 is 0 Å². The van der Waals surface area contributed by atoms with E-state index in [1.54, 1.807) is 7.11 Å². The summed E-state index contributed by atoms with van der Waals surface area (Å²) >= 11 is 0. The molecule has 1 aliphatic rings. The predicted molar refractivity (Wildman–Crippen MR) is 107 cm³/mol. The maximum atomic E-state index is 6.00. The van der Waals surface area contributed by atoms with Crippen LogP contribution in [0.2, 0.25) is 0 Å². The van der Waals surface area contributed by atoms with E-state index in [9.17, 15) is 0 Å². The Morgan fingerprint density at radius 1 is 0.769 bits per heavy atom. The average Bonchev–Trinajstić information content (AvgIpc) is 2.72. The Balaban J connectivity index is 1.50. The van der Waals surface area contributed by atoms with Gasteiger partial charge in [0.05, 0.1) is 13.7 Å². The number of hydrogen-bond acceptors (Lipinski definition) is 2. The highest BCUT2D eigenvalue weighted by Crippen LogP contribution is 2.31. The molecule has 0 unspecified atom stereocenters. The fourth-order valence-electron chi connectivity index (χ4n) is 3.47. The second-order valence-corrected chi connectivity index (χ2v) is 7.11. The van der Waals surface area contributed by atoms with Gasteiger partial charge in [-0.15, -0.1) is 0 Å². The summed E-state index contributed by atoms with van der Waals surface area (Å²) in [6, 6.07) is 15.9. The highest BCUT2D eigenvalue weighted by Gasteiger charge is 2.20. The lowest BCUT2D eigenvalue weighted by Crippen LogP contribution is -2.19. The molecular formula is C24H28O2. The quantitative estimate of drug-likeness (QED) is 0.646. The molecule has 0 saturated heterocycles. The fourth-order valence-corrected chi connectivity index (χ4v) is 3.47. The van der Waals surface area contributed by atoms with Gasteiger partial charge in [0.25, 0.3) is 0 Å². The zero-order valence-electron chi connectivity index (χ0n) is 15.8. The first-order valence-electron chi connectivity index (χ1n) is 9.65. The van der Waals surface area contributed by atoms with Crippen LogP contribution in [0.4, 0.5) is 0 Å². The molecule has 0 N–H and O–H groups in total. The molecule has 0 spiro atoms. The molecule has 0 heterocycles. The summed E-state index contributed by atoms with van der Waals surface area (Å²) in [7, 11) is 1.67. The van der Waals surface area contributed by atoms with Crippen molar-refractivity contribution >= 4 is 0 Å². The minimum atomic E-state index is 0.715. The third-order valence-electron chi connectivity index (χ3n) is 5.32. The van der Waals surface area contributed by atoms with Crippen LogP contribution in [0.5, 0.6) is 11.5 Å². The van der Waals surface area contributed by atoms with Crippen molar-refractivity contribution in [3.05, 3.63) is 59.7 Å². The van der Waals surface area contributed by atoms with Gasteiger partial charge < -0.3 is 9.47 Å². The minimum absolute atomic E-state index is 0.715. The molecule has 0 aromatic heterocycles. The van der Waals surface area contributed by atoms with E-state index in [-0.39, 0.29) is 0 Å². The third-order valence-corrected chi connectivity index (χ3v) is 5.32. The van der Waals surface area contributed by atoms with E-state index in [0.29, 0.717) is 5.92 Å². The first-order chi connectivity index (χ1) is 12.8. The van der Waals surface area contributed by atoms with Gasteiger partial charge >= 0.3 is 0 Å². The largest absolute Gasteiger partial charge is 0.497 e. The Kier molecular flexibility index (Phi) is 6.61. The normalized spacial score (nSPS) is 19.3. The Morgan fingerprint density at radius 3 is 1.77 bits per heavy atom. The van der Waals surface area contributed by atoms with Crippen molar-refractivity contribution in [2.24, 2.45) is 11.8 Å². The second kappa shape index (κ2) is 9.34. The lowest BCUT2D eigenvalue weighted by Gasteiger charge is -2.27. The first-order valence-corrected chi connectivity index (χ1v) is 9.65. The van der Waals surface area contributed by atoms with Gasteiger partial charge in [0.1, 0.15) is 11.5 Å². The highest BCUT2D eigenvalue weighted by molar-refractivity contribution is 5.45. The summed E-state index contributed by atoms with van der Waals surface area (Å²) in [6.45, 7) is 3.15. The van der Waals surface area contributed by atoms with Crippen molar-refractivity contribution in [1.82, 2.24) is 0 Å². The molecule has 1 saturated carbocycles. The lowest BCUT2D eigenvalue weighted by molar-refractivity contribution is 0.181. The Morgan fingerprint density at radius 2 is 1.27 bits per heavy atom. The van der Waals surface area contributed by atoms with Crippen LogP contribution in [-0.2, 0) is 0 Å². The number of methoxy groups -OCH3 is 1. The van der Waals surface area contributed by atoms with Gasteiger partial charge in [-0.1, -0.05) is 38.0 Å². The van der Waals surface area contributed by atoms with Crippen LogP contribution in [0, 0.1) is 23.7 Å². The van der Waals surface area contributed by atoms with Crippen LogP contribution in [0.3, 0.4) is 0 Å². The van der Waals surface area contributed by atoms with Gasteiger partial charge in [-0.2, -0.15) is 0 Å². The highest BCUT2D eigenvalue weighted by atomic mass is 16.5. The third kappa shape index (κ3) is 5.30. The van der Waals surface area contributed by atoms with Crippen molar-refractivity contribution < 1.29 is 9.47 Å². The maximum absolute atomic E-state index is 6.00. The molecule has 136 valence electrons. The average molecular weight is 348 g/mol. The van der Waals surface area contributed by atoms with Gasteiger partial charge in [0, 0.05) is 11.1 Å². The summed E-state index contributed by atoms with van der Waals surface area (Å²) in [6.07, 6.45) is 6.68. The molecule has 26 heavy (non-hydrogen) atoms. The summed E-state index contributed by atoms with van der Waals surface area (Å²) in [5.74, 6) is 9.82. The van der Waals surface area contributed by atoms with Gasteiger partial charge in [-0.05, 0) is 73.2 Å². The molecule has 1 aliphatic carbocycles. The topological polar surface area (TPSA) is 18.5 Å². The first kappa shape index (κ1) is 18.4. The van der Waals surface area contributed by atoms with E-state index >= 15 is 0 Å². The van der Waals surface area contributed by atoms with Crippen LogP contribution in [0.25, 0.3) is 0 Å². The molecule has 0 amide bonds. The summed E-state index contributed by atoms with van der Waals surface area (Å²) in [5, 5.41) is 0. The minimum Gasteiger partial charge on any atom is -0.497 e. The zero-order valence-corrected chi connectivity index (χ0v) is 15.8. The molecule has 1 fully saturated rings. The van der Waals surface area contributed by atoms with Crippen LogP contribution >= 0.6 is 0 Å². The van der Waals surface area contributed by atoms with Gasteiger partial charge in [0.15, 0.2) is 0 Å². The van der Waals surface area contributed by atoms with Crippen molar-refractivity contribution in [3.8, 4) is 23.3 Å². The Bertz CT molecular complexity index is 727. The fraction of sp³-hybridized carbons (Fsp3) is 0.417. The second-order valence-electron chi connectivity index (χ2n) is 7.11. The SMILES string of the molecule is CCC1CCC(COc2ccc(C#Cc3ccc(OC)cc3)cc2)CC1. The maximum Gasteiger partial charge on any atom is 0.119 e. The van der Waals surface area contributed by atoms with Crippen LogP contribution in [-0.4, -0.2) is 13.7 Å². The van der Waals surface area contributed by atoms with Crippen molar-refractivity contribution in [2.45, 2.75) is 39.0 Å². The lowest BCUT2D eigenvalue weighted by atomic mass is 9.81. The molecule has 0 bridgehead atoms. The summed E-state index contributed by atoms with van der Waals surface area (Å²) < 4.78 is 11.2. The number of ether oxygens (including phenoxy) is 2. The molecule has 0 radical (unpaired) electrons. The van der Waals surface area contributed by atoms with E-state index in [1.165, 1.54) is 32.1 Å². The van der Waals surface area contributed by atoms with Crippen molar-refractivity contribution in [3.63, 3.8) is 0 Å². The number of hydrogen-bond donors (Lipinski definition) is 0. The van der Waals surface area contributed by atoms with E-state index in [4.69, 9.17) is 9.47 Å². The number of benzene rings is 2. The standard InChI is InChI=1S/C24H28O2/c1-3-19-4-8-22(9-5-19)18-26-24-16-12-21(13-17-24)7-6-20-10-14-23(25-2)15-11-20/h10-17,19,22H,3-5,8-9,18H2,1-2H3. The molecule has 2 aromatic rings. The smallest absolute Gasteiger partial charge is 0.119 e. The van der Waals surface area contributed by atoms with E-state index in [1.807, 2.05) is 48.5 Å². The van der Waals surface area contributed by atoms with Crippen LogP contribution in [0.15, 0.2) is 48.5 Å². The molecule has 2 heteroatoms. The molecule has 2 nitrogen and oxygen atoms in total. The van der Waals surface area contributed by atoms with Crippen LogP contribution in [0.1, 0.15) is 50.2 Å².